The lowest BCUT2D eigenvalue weighted by Gasteiger charge is -2.37. The van der Waals surface area contributed by atoms with Crippen molar-refractivity contribution >= 4 is 46.3 Å². The maximum atomic E-state index is 12.6. The lowest BCUT2D eigenvalue weighted by molar-refractivity contribution is -0.0512. The number of halogens is 3. The Hall–Kier alpha value is -1.82. The average molecular weight is 552 g/mol. The molecule has 0 saturated carbocycles. The van der Waals surface area contributed by atoms with Crippen LogP contribution in [0.5, 0.6) is 11.5 Å². The summed E-state index contributed by atoms with van der Waals surface area (Å²) in [7, 11) is 3.20. The Bertz CT molecular complexity index is 800. The first-order valence-electron chi connectivity index (χ1n) is 9.46. The minimum atomic E-state index is -2.89. The van der Waals surface area contributed by atoms with Crippen LogP contribution in [0.25, 0.3) is 0 Å². The van der Waals surface area contributed by atoms with E-state index in [-0.39, 0.29) is 29.7 Å². The molecule has 0 spiro atoms. The van der Waals surface area contributed by atoms with Crippen molar-refractivity contribution in [3.05, 3.63) is 41.3 Å². The fourth-order valence-corrected chi connectivity index (χ4v) is 4.09. The number of nitrogens with one attached hydrogen (secondary N) is 1. The van der Waals surface area contributed by atoms with Crippen LogP contribution in [0.2, 0.25) is 0 Å². The van der Waals surface area contributed by atoms with Gasteiger partial charge in [0, 0.05) is 39.8 Å². The predicted octanol–water partition coefficient (Wildman–Crippen LogP) is 3.92. The van der Waals surface area contributed by atoms with Gasteiger partial charge in [0.25, 0.3) is 0 Å². The molecule has 0 aliphatic carbocycles. The fraction of sp³-hybridized carbons (Fsp3) is 0.450. The summed E-state index contributed by atoms with van der Waals surface area (Å²) in [6.45, 7) is 1.45. The Balaban J connectivity index is 0.00000320. The third kappa shape index (κ3) is 6.59. The summed E-state index contributed by atoms with van der Waals surface area (Å²) in [5, 5.41) is 6.76. The van der Waals surface area contributed by atoms with Gasteiger partial charge in [-0.25, -0.2) is 0 Å². The minimum absolute atomic E-state index is 0. The number of guanidine groups is 1. The van der Waals surface area contributed by atoms with Crippen molar-refractivity contribution in [3.8, 4) is 11.5 Å². The van der Waals surface area contributed by atoms with Crippen molar-refractivity contribution < 1.29 is 18.3 Å². The van der Waals surface area contributed by atoms with Gasteiger partial charge in [0.1, 0.15) is 0 Å². The van der Waals surface area contributed by atoms with E-state index in [0.29, 0.717) is 18.7 Å². The first kappa shape index (κ1) is 24.4. The second kappa shape index (κ2) is 12.1. The van der Waals surface area contributed by atoms with Crippen LogP contribution < -0.4 is 19.7 Å². The smallest absolute Gasteiger partial charge is 0.387 e. The molecule has 6 nitrogen and oxygen atoms in total. The largest absolute Gasteiger partial charge is 0.493 e. The van der Waals surface area contributed by atoms with Gasteiger partial charge in [-0.1, -0.05) is 6.07 Å². The minimum Gasteiger partial charge on any atom is -0.493 e. The quantitative estimate of drug-likeness (QED) is 0.321. The van der Waals surface area contributed by atoms with E-state index < -0.39 is 6.61 Å². The van der Waals surface area contributed by atoms with Gasteiger partial charge in [0.05, 0.1) is 12.1 Å². The van der Waals surface area contributed by atoms with Crippen LogP contribution in [0.15, 0.2) is 40.7 Å². The molecular weight excluding hydrogens is 525 g/mol. The highest BCUT2D eigenvalue weighted by Crippen LogP contribution is 2.29. The summed E-state index contributed by atoms with van der Waals surface area (Å²) in [5.41, 5.74) is 0.881. The number of methoxy groups -OCH3 is 1. The Morgan fingerprint density at radius 2 is 1.97 bits per heavy atom. The molecule has 3 rings (SSSR count). The summed E-state index contributed by atoms with van der Waals surface area (Å²) in [6.07, 6.45) is 0.651. The lowest BCUT2D eigenvalue weighted by atomic mass is 10.1. The molecule has 0 unspecified atom stereocenters. The Kier molecular flexibility index (Phi) is 9.89. The van der Waals surface area contributed by atoms with Crippen LogP contribution in [-0.4, -0.2) is 64.4 Å². The topological polar surface area (TPSA) is 49.3 Å². The molecule has 10 heteroatoms. The van der Waals surface area contributed by atoms with Gasteiger partial charge in [-0.3, -0.25) is 4.99 Å². The molecule has 1 fully saturated rings. The molecule has 30 heavy (non-hydrogen) atoms. The van der Waals surface area contributed by atoms with Crippen LogP contribution in [0.1, 0.15) is 5.56 Å². The third-order valence-electron chi connectivity index (χ3n) is 4.75. The lowest BCUT2D eigenvalue weighted by Crippen LogP contribution is -2.52. The zero-order chi connectivity index (χ0) is 20.6. The fourth-order valence-electron chi connectivity index (χ4n) is 3.30. The Labute approximate surface area is 196 Å². The van der Waals surface area contributed by atoms with Gasteiger partial charge in [-0.2, -0.15) is 8.78 Å². The van der Waals surface area contributed by atoms with Crippen molar-refractivity contribution in [2.75, 3.05) is 51.8 Å². The second-order valence-corrected chi connectivity index (χ2v) is 7.44. The number of piperazine rings is 1. The number of aliphatic imine (C=N–C) groups is 1. The molecule has 1 aliphatic rings. The monoisotopic (exact) mass is 552 g/mol. The second-order valence-electron chi connectivity index (χ2n) is 6.51. The van der Waals surface area contributed by atoms with E-state index in [1.54, 1.807) is 30.5 Å². The molecule has 166 valence electrons. The predicted molar refractivity (Wildman–Crippen MR) is 128 cm³/mol. The highest BCUT2D eigenvalue weighted by atomic mass is 127. The maximum absolute atomic E-state index is 12.6. The number of ether oxygens (including phenoxy) is 2. The molecule has 0 atom stereocenters. The molecule has 1 aromatic heterocycles. The summed E-state index contributed by atoms with van der Waals surface area (Å²) in [4.78, 5) is 9.01. The van der Waals surface area contributed by atoms with Crippen molar-refractivity contribution in [2.45, 2.75) is 13.0 Å². The number of rotatable bonds is 7. The highest BCUT2D eigenvalue weighted by Gasteiger charge is 2.20. The summed E-state index contributed by atoms with van der Waals surface area (Å²) >= 11 is 1.76. The van der Waals surface area contributed by atoms with Crippen molar-refractivity contribution in [3.63, 3.8) is 0 Å². The Morgan fingerprint density at radius 3 is 2.57 bits per heavy atom. The van der Waals surface area contributed by atoms with Gasteiger partial charge in [-0.15, -0.1) is 35.3 Å². The first-order valence-corrected chi connectivity index (χ1v) is 10.3. The van der Waals surface area contributed by atoms with Gasteiger partial charge in [-0.05, 0) is 41.6 Å². The molecule has 0 bridgehead atoms. The summed E-state index contributed by atoms with van der Waals surface area (Å²) in [6, 6.07) is 9.31. The van der Waals surface area contributed by atoms with Gasteiger partial charge < -0.3 is 24.6 Å². The van der Waals surface area contributed by atoms with Crippen molar-refractivity contribution in [2.24, 2.45) is 4.99 Å². The van der Waals surface area contributed by atoms with Crippen LogP contribution in [0.3, 0.4) is 0 Å². The molecule has 1 saturated heterocycles. The van der Waals surface area contributed by atoms with E-state index >= 15 is 0 Å². The maximum Gasteiger partial charge on any atom is 0.387 e. The number of hydrogen-bond acceptors (Lipinski definition) is 5. The third-order valence-corrected chi connectivity index (χ3v) is 5.68. The van der Waals surface area contributed by atoms with Crippen LogP contribution in [-0.2, 0) is 6.42 Å². The van der Waals surface area contributed by atoms with E-state index in [1.165, 1.54) is 12.1 Å². The van der Waals surface area contributed by atoms with Crippen molar-refractivity contribution in [1.82, 2.24) is 10.2 Å². The highest BCUT2D eigenvalue weighted by molar-refractivity contribution is 14.0. The van der Waals surface area contributed by atoms with Crippen LogP contribution in [0.4, 0.5) is 13.8 Å². The normalized spacial score (nSPS) is 14.5. The number of benzene rings is 1. The average Bonchev–Trinajstić information content (AvgIpc) is 3.26. The molecule has 1 aromatic carbocycles. The molecule has 1 aliphatic heterocycles. The molecule has 2 aromatic rings. The van der Waals surface area contributed by atoms with E-state index in [2.05, 4.69) is 42.4 Å². The molecule has 2 heterocycles. The van der Waals surface area contributed by atoms with E-state index in [1.807, 2.05) is 6.07 Å². The van der Waals surface area contributed by atoms with Crippen LogP contribution >= 0.6 is 35.3 Å². The Morgan fingerprint density at radius 1 is 1.20 bits per heavy atom. The van der Waals surface area contributed by atoms with Gasteiger partial charge in [0.2, 0.25) is 0 Å². The number of anilines is 1. The van der Waals surface area contributed by atoms with E-state index in [9.17, 15) is 8.78 Å². The standard InChI is InChI=1S/C20H26F2N4O2S.HI/c1-23-20(26-11-9-25(10-12-26)18-4-3-13-29-18)24-8-7-15-5-6-16(27-2)17(14-15)28-19(21)22;/h3-6,13-14,19H,7-12H2,1-2H3,(H,23,24);1H. The summed E-state index contributed by atoms with van der Waals surface area (Å²) < 4.78 is 34.8. The SMILES string of the molecule is CN=C(NCCc1ccc(OC)c(OC(F)F)c1)N1CCN(c2cccs2)CC1.I. The first-order chi connectivity index (χ1) is 14.1. The van der Waals surface area contributed by atoms with E-state index in [0.717, 1.165) is 37.7 Å². The van der Waals surface area contributed by atoms with Crippen molar-refractivity contribution in [1.29, 1.82) is 0 Å². The van der Waals surface area contributed by atoms with Crippen LogP contribution in [0, 0.1) is 0 Å². The zero-order valence-corrected chi connectivity index (χ0v) is 20.2. The number of nitrogens with zero attached hydrogens (tertiary/aromatic N) is 3. The zero-order valence-electron chi connectivity index (χ0n) is 17.0. The van der Waals surface area contributed by atoms with Gasteiger partial charge >= 0.3 is 6.61 Å². The molecule has 0 amide bonds. The van der Waals surface area contributed by atoms with Gasteiger partial charge in [0.15, 0.2) is 17.5 Å². The summed E-state index contributed by atoms with van der Waals surface area (Å²) in [5.74, 6) is 1.20. The number of hydrogen-bond donors (Lipinski definition) is 1. The molecule has 0 radical (unpaired) electrons. The molecular formula is C20H27F2IN4O2S. The number of thiophene rings is 1. The van der Waals surface area contributed by atoms with E-state index in [4.69, 9.17) is 4.74 Å². The molecule has 1 N–H and O–H groups in total. The number of alkyl halides is 2.